The molecule has 3 fully saturated rings. The van der Waals surface area contributed by atoms with E-state index in [1.54, 1.807) is 0 Å². The predicted octanol–water partition coefficient (Wildman–Crippen LogP) is 2.50. The van der Waals surface area contributed by atoms with E-state index in [9.17, 15) is 4.79 Å². The van der Waals surface area contributed by atoms with Crippen molar-refractivity contribution in [3.05, 3.63) is 18.0 Å². The predicted molar refractivity (Wildman–Crippen MR) is 98.9 cm³/mol. The van der Waals surface area contributed by atoms with Crippen molar-refractivity contribution >= 4 is 30.7 Å². The lowest BCUT2D eigenvalue weighted by molar-refractivity contribution is -0.132. The lowest BCUT2D eigenvalue weighted by Gasteiger charge is -2.24. The highest BCUT2D eigenvalue weighted by atomic mass is 35.5. The fourth-order valence-electron chi connectivity index (χ4n) is 4.61. The van der Waals surface area contributed by atoms with Gasteiger partial charge in [-0.05, 0) is 37.2 Å². The van der Waals surface area contributed by atoms with Crippen LogP contribution in [0.15, 0.2) is 12.4 Å². The molecule has 2 aliphatic heterocycles. The van der Waals surface area contributed by atoms with E-state index in [0.717, 1.165) is 31.8 Å². The number of nitrogens with zero attached hydrogens (tertiary/aromatic N) is 3. The molecule has 4 atom stereocenters. The van der Waals surface area contributed by atoms with Crippen LogP contribution < -0.4 is 5.32 Å². The number of carbonyl (C=O) groups is 1. The van der Waals surface area contributed by atoms with E-state index in [2.05, 4.69) is 21.5 Å². The summed E-state index contributed by atoms with van der Waals surface area (Å²) in [7, 11) is 1.95. The molecule has 4 rings (SSSR count). The highest BCUT2D eigenvalue weighted by Crippen LogP contribution is 2.35. The third kappa shape index (κ3) is 3.73. The van der Waals surface area contributed by atoms with Crippen LogP contribution in [-0.2, 0) is 11.8 Å². The zero-order valence-electron chi connectivity index (χ0n) is 14.2. The first-order valence-electron chi connectivity index (χ1n) is 8.74. The standard InChI is InChI=1S/C17H26N4O.2ClH/c1-20-10-14(9-18-20)13-6-7-21(11-13)17(22)16-8-12-4-2-3-5-15(12)19-16;;/h9-10,12-13,15-16,19H,2-8,11H2,1H3;2*1H. The smallest absolute Gasteiger partial charge is 0.239 e. The number of likely N-dealkylation sites (tertiary alicyclic amines) is 1. The fourth-order valence-corrected chi connectivity index (χ4v) is 4.61. The average molecular weight is 375 g/mol. The highest BCUT2D eigenvalue weighted by Gasteiger charge is 2.41. The zero-order chi connectivity index (χ0) is 15.1. The Morgan fingerprint density at radius 3 is 2.75 bits per heavy atom. The van der Waals surface area contributed by atoms with Gasteiger partial charge in [-0.1, -0.05) is 12.8 Å². The Bertz CT molecular complexity index is 551. The van der Waals surface area contributed by atoms with Crippen LogP contribution in [0, 0.1) is 5.92 Å². The van der Waals surface area contributed by atoms with Gasteiger partial charge >= 0.3 is 0 Å². The largest absolute Gasteiger partial charge is 0.341 e. The minimum Gasteiger partial charge on any atom is -0.341 e. The summed E-state index contributed by atoms with van der Waals surface area (Å²) >= 11 is 0. The van der Waals surface area contributed by atoms with Crippen LogP contribution in [-0.4, -0.2) is 45.8 Å². The van der Waals surface area contributed by atoms with Crippen molar-refractivity contribution in [1.82, 2.24) is 20.0 Å². The molecule has 1 amide bonds. The molecule has 4 unspecified atom stereocenters. The second-order valence-electron chi connectivity index (χ2n) is 7.32. The monoisotopic (exact) mass is 374 g/mol. The van der Waals surface area contributed by atoms with Crippen molar-refractivity contribution in [2.75, 3.05) is 13.1 Å². The van der Waals surface area contributed by atoms with Gasteiger partial charge in [0.1, 0.15) is 0 Å². The van der Waals surface area contributed by atoms with Gasteiger partial charge in [-0.2, -0.15) is 5.10 Å². The molecule has 0 aromatic carbocycles. The van der Waals surface area contributed by atoms with Crippen LogP contribution in [0.25, 0.3) is 0 Å². The van der Waals surface area contributed by atoms with Gasteiger partial charge in [0.15, 0.2) is 0 Å². The van der Waals surface area contributed by atoms with E-state index in [1.165, 1.54) is 31.2 Å². The summed E-state index contributed by atoms with van der Waals surface area (Å²) in [6.07, 6.45) is 11.4. The molecule has 136 valence electrons. The Kier molecular flexibility index (Phi) is 6.57. The van der Waals surface area contributed by atoms with Crippen LogP contribution >= 0.6 is 24.8 Å². The number of fused-ring (bicyclic) bond motifs is 1. The first-order valence-corrected chi connectivity index (χ1v) is 8.74. The number of aryl methyl sites for hydroxylation is 1. The van der Waals surface area contributed by atoms with Crippen molar-refractivity contribution < 1.29 is 4.79 Å². The second-order valence-corrected chi connectivity index (χ2v) is 7.32. The number of rotatable bonds is 2. The van der Waals surface area contributed by atoms with E-state index in [0.29, 0.717) is 17.9 Å². The zero-order valence-corrected chi connectivity index (χ0v) is 15.8. The maximum Gasteiger partial charge on any atom is 0.239 e. The fraction of sp³-hybridized carbons (Fsp3) is 0.765. The van der Waals surface area contributed by atoms with E-state index in [4.69, 9.17) is 0 Å². The second kappa shape index (κ2) is 8.07. The van der Waals surface area contributed by atoms with Crippen molar-refractivity contribution in [2.45, 2.75) is 56.5 Å². The summed E-state index contributed by atoms with van der Waals surface area (Å²) in [5.41, 5.74) is 1.27. The molecule has 5 nitrogen and oxygen atoms in total. The van der Waals surface area contributed by atoms with Gasteiger partial charge in [0, 0.05) is 38.3 Å². The van der Waals surface area contributed by atoms with Crippen molar-refractivity contribution in [3.63, 3.8) is 0 Å². The summed E-state index contributed by atoms with van der Waals surface area (Å²) in [6.45, 7) is 1.75. The Hall–Kier alpha value is -0.780. The van der Waals surface area contributed by atoms with E-state index in [1.807, 2.05) is 17.9 Å². The summed E-state index contributed by atoms with van der Waals surface area (Å²) in [6, 6.07) is 0.667. The molecule has 24 heavy (non-hydrogen) atoms. The number of amides is 1. The minimum atomic E-state index is 0. The Balaban J connectivity index is 0.00000104. The molecule has 0 radical (unpaired) electrons. The van der Waals surface area contributed by atoms with E-state index >= 15 is 0 Å². The first-order chi connectivity index (χ1) is 10.7. The van der Waals surface area contributed by atoms with Gasteiger partial charge in [0.2, 0.25) is 5.91 Å². The van der Waals surface area contributed by atoms with Crippen LogP contribution in [0.3, 0.4) is 0 Å². The highest BCUT2D eigenvalue weighted by molar-refractivity contribution is 5.85. The molecule has 0 spiro atoms. The summed E-state index contributed by atoms with van der Waals surface area (Å²) in [5, 5.41) is 7.88. The molecule has 0 bridgehead atoms. The van der Waals surface area contributed by atoms with Gasteiger partial charge in [-0.15, -0.1) is 24.8 Å². The van der Waals surface area contributed by atoms with E-state index in [-0.39, 0.29) is 30.9 Å². The van der Waals surface area contributed by atoms with Crippen molar-refractivity contribution in [3.8, 4) is 0 Å². The first kappa shape index (κ1) is 19.5. The van der Waals surface area contributed by atoms with Crippen LogP contribution in [0.1, 0.15) is 50.0 Å². The molecular weight excluding hydrogens is 347 g/mol. The molecule has 3 heterocycles. The Morgan fingerprint density at radius 1 is 1.25 bits per heavy atom. The minimum absolute atomic E-state index is 0. The third-order valence-electron chi connectivity index (χ3n) is 5.86. The van der Waals surface area contributed by atoms with Gasteiger partial charge in [0.05, 0.1) is 12.2 Å². The Labute approximate surface area is 156 Å². The molecule has 1 saturated carbocycles. The lowest BCUT2D eigenvalue weighted by Crippen LogP contribution is -2.44. The number of hydrogen-bond donors (Lipinski definition) is 1. The van der Waals surface area contributed by atoms with Gasteiger partial charge in [-0.3, -0.25) is 9.48 Å². The maximum atomic E-state index is 12.8. The number of aromatic nitrogens is 2. The van der Waals surface area contributed by atoms with Gasteiger partial charge in [0.25, 0.3) is 0 Å². The summed E-state index contributed by atoms with van der Waals surface area (Å²) < 4.78 is 1.85. The third-order valence-corrected chi connectivity index (χ3v) is 5.86. The van der Waals surface area contributed by atoms with Gasteiger partial charge < -0.3 is 10.2 Å². The normalized spacial score (nSPS) is 32.0. The summed E-state index contributed by atoms with van der Waals surface area (Å²) in [4.78, 5) is 14.9. The van der Waals surface area contributed by atoms with Crippen molar-refractivity contribution in [2.24, 2.45) is 13.0 Å². The van der Waals surface area contributed by atoms with Crippen LogP contribution in [0.5, 0.6) is 0 Å². The van der Waals surface area contributed by atoms with Crippen molar-refractivity contribution in [1.29, 1.82) is 0 Å². The molecule has 1 aromatic rings. The average Bonchev–Trinajstić information content (AvgIpc) is 3.24. The van der Waals surface area contributed by atoms with Gasteiger partial charge in [-0.25, -0.2) is 0 Å². The summed E-state index contributed by atoms with van der Waals surface area (Å²) in [5.74, 6) is 1.53. The molecular formula is C17H28Cl2N4O. The molecule has 7 heteroatoms. The molecule has 1 aliphatic carbocycles. The Morgan fingerprint density at radius 2 is 2.04 bits per heavy atom. The van der Waals surface area contributed by atoms with E-state index < -0.39 is 0 Å². The number of carbonyl (C=O) groups excluding carboxylic acids is 1. The van der Waals surface area contributed by atoms with Crippen LogP contribution in [0.4, 0.5) is 0 Å². The number of nitrogens with one attached hydrogen (secondary N) is 1. The number of hydrogen-bond acceptors (Lipinski definition) is 3. The SMILES string of the molecule is Cl.Cl.Cn1cc(C2CCN(C(=O)C3CC4CCCCC4N3)C2)cn1. The quantitative estimate of drug-likeness (QED) is 0.864. The molecule has 1 aromatic heterocycles. The molecule has 3 aliphatic rings. The van der Waals surface area contributed by atoms with Crippen LogP contribution in [0.2, 0.25) is 0 Å². The maximum absolute atomic E-state index is 12.8. The number of halogens is 2. The molecule has 1 N–H and O–H groups in total. The molecule has 2 saturated heterocycles. The lowest BCUT2D eigenvalue weighted by atomic mass is 9.85. The topological polar surface area (TPSA) is 50.2 Å².